The minimum absolute atomic E-state index is 0.147. The van der Waals surface area contributed by atoms with Crippen molar-refractivity contribution in [2.75, 3.05) is 6.54 Å². The van der Waals surface area contributed by atoms with Gasteiger partial charge in [0.25, 0.3) is 0 Å². The van der Waals surface area contributed by atoms with Crippen molar-refractivity contribution >= 4 is 17.7 Å². The molecule has 7 heteroatoms. The van der Waals surface area contributed by atoms with Gasteiger partial charge >= 0.3 is 5.97 Å². The molecule has 0 saturated carbocycles. The van der Waals surface area contributed by atoms with Gasteiger partial charge in [0.2, 0.25) is 5.91 Å². The standard InChI is InChI=1S/C8H12N2O5/c1-2-4(11)3-9-6(12)5-7(13)10-15-8(5)14/h5,7,10,13H,2-3H2,1H3,(H,9,12). The number of aliphatic hydroxyl groups excluding tert-OH is 1. The normalized spacial score (nSPS) is 24.8. The molecule has 0 bridgehead atoms. The Kier molecular flexibility index (Phi) is 3.75. The molecular weight excluding hydrogens is 204 g/mol. The van der Waals surface area contributed by atoms with Crippen LogP contribution in [0.15, 0.2) is 0 Å². The minimum atomic E-state index is -1.37. The van der Waals surface area contributed by atoms with E-state index in [4.69, 9.17) is 5.11 Å². The van der Waals surface area contributed by atoms with E-state index >= 15 is 0 Å². The minimum Gasteiger partial charge on any atom is -0.374 e. The monoisotopic (exact) mass is 216 g/mol. The van der Waals surface area contributed by atoms with Crippen molar-refractivity contribution in [1.29, 1.82) is 0 Å². The molecule has 15 heavy (non-hydrogen) atoms. The van der Waals surface area contributed by atoms with Gasteiger partial charge in [-0.3, -0.25) is 9.59 Å². The Morgan fingerprint density at radius 2 is 2.27 bits per heavy atom. The molecule has 0 aromatic carbocycles. The largest absolute Gasteiger partial charge is 0.374 e. The molecule has 1 heterocycles. The predicted molar refractivity (Wildman–Crippen MR) is 47.0 cm³/mol. The highest BCUT2D eigenvalue weighted by Crippen LogP contribution is 2.10. The van der Waals surface area contributed by atoms with Crippen molar-refractivity contribution in [3.8, 4) is 0 Å². The first kappa shape index (κ1) is 11.6. The second-order valence-electron chi connectivity index (χ2n) is 3.07. The van der Waals surface area contributed by atoms with Crippen LogP contribution in [0, 0.1) is 5.92 Å². The average Bonchev–Trinajstić information content (AvgIpc) is 2.54. The summed E-state index contributed by atoms with van der Waals surface area (Å²) in [7, 11) is 0. The van der Waals surface area contributed by atoms with Crippen molar-refractivity contribution in [3.63, 3.8) is 0 Å². The van der Waals surface area contributed by atoms with Gasteiger partial charge in [0.15, 0.2) is 17.9 Å². The molecule has 1 amide bonds. The fourth-order valence-corrected chi connectivity index (χ4v) is 1.05. The molecular formula is C8H12N2O5. The van der Waals surface area contributed by atoms with E-state index in [1.807, 2.05) is 5.48 Å². The van der Waals surface area contributed by atoms with Crippen molar-refractivity contribution in [1.82, 2.24) is 10.8 Å². The second-order valence-corrected chi connectivity index (χ2v) is 3.07. The third-order valence-corrected chi connectivity index (χ3v) is 1.99. The summed E-state index contributed by atoms with van der Waals surface area (Å²) in [6.07, 6.45) is -1.06. The van der Waals surface area contributed by atoms with Crippen LogP contribution in [0.3, 0.4) is 0 Å². The molecule has 1 saturated heterocycles. The molecule has 1 aliphatic rings. The van der Waals surface area contributed by atoms with Crippen LogP contribution in [-0.2, 0) is 19.2 Å². The highest BCUT2D eigenvalue weighted by molar-refractivity contribution is 6.00. The second kappa shape index (κ2) is 4.85. The zero-order valence-electron chi connectivity index (χ0n) is 8.15. The Morgan fingerprint density at radius 3 is 2.73 bits per heavy atom. The quantitative estimate of drug-likeness (QED) is 0.473. The molecule has 2 unspecified atom stereocenters. The summed E-state index contributed by atoms with van der Waals surface area (Å²) < 4.78 is 0. The van der Waals surface area contributed by atoms with Crippen LogP contribution >= 0.6 is 0 Å². The van der Waals surface area contributed by atoms with Gasteiger partial charge in [-0.1, -0.05) is 6.92 Å². The smallest absolute Gasteiger partial charge is 0.341 e. The molecule has 3 N–H and O–H groups in total. The summed E-state index contributed by atoms with van der Waals surface area (Å²) in [5.74, 6) is -3.05. The SMILES string of the molecule is CCC(=O)CNC(=O)C1C(=O)ONC1O. The lowest BCUT2D eigenvalue weighted by Crippen LogP contribution is -2.42. The number of carbonyl (C=O) groups is 3. The maximum atomic E-state index is 11.3. The van der Waals surface area contributed by atoms with E-state index in [0.29, 0.717) is 6.42 Å². The molecule has 1 fully saturated rings. The first-order valence-corrected chi connectivity index (χ1v) is 4.50. The first-order chi connectivity index (χ1) is 7.06. The summed E-state index contributed by atoms with van der Waals surface area (Å²) >= 11 is 0. The number of rotatable bonds is 4. The van der Waals surface area contributed by atoms with Crippen LogP contribution in [0.5, 0.6) is 0 Å². The lowest BCUT2D eigenvalue weighted by atomic mass is 10.1. The maximum Gasteiger partial charge on any atom is 0.341 e. The summed E-state index contributed by atoms with van der Waals surface area (Å²) in [6, 6.07) is 0. The summed E-state index contributed by atoms with van der Waals surface area (Å²) in [5, 5.41) is 11.4. The van der Waals surface area contributed by atoms with Crippen molar-refractivity contribution in [2.45, 2.75) is 19.6 Å². The molecule has 7 nitrogen and oxygen atoms in total. The van der Waals surface area contributed by atoms with Gasteiger partial charge in [0, 0.05) is 6.42 Å². The van der Waals surface area contributed by atoms with Crippen LogP contribution in [0.4, 0.5) is 0 Å². The van der Waals surface area contributed by atoms with E-state index in [1.165, 1.54) is 0 Å². The van der Waals surface area contributed by atoms with Gasteiger partial charge in [-0.25, -0.2) is 4.79 Å². The number of carbonyl (C=O) groups excluding carboxylic acids is 3. The molecule has 84 valence electrons. The van der Waals surface area contributed by atoms with E-state index in [9.17, 15) is 14.4 Å². The zero-order chi connectivity index (χ0) is 11.4. The predicted octanol–water partition coefficient (Wildman–Crippen LogP) is -1.92. The average molecular weight is 216 g/mol. The van der Waals surface area contributed by atoms with Crippen LogP contribution in [-0.4, -0.2) is 35.5 Å². The first-order valence-electron chi connectivity index (χ1n) is 4.50. The molecule has 1 rings (SSSR count). The molecule has 2 atom stereocenters. The lowest BCUT2D eigenvalue weighted by molar-refractivity contribution is -0.148. The van der Waals surface area contributed by atoms with Crippen molar-refractivity contribution in [2.24, 2.45) is 5.92 Å². The van der Waals surface area contributed by atoms with Crippen molar-refractivity contribution < 1.29 is 24.3 Å². The van der Waals surface area contributed by atoms with Crippen molar-refractivity contribution in [3.05, 3.63) is 0 Å². The fourth-order valence-electron chi connectivity index (χ4n) is 1.05. The van der Waals surface area contributed by atoms with E-state index in [0.717, 1.165) is 0 Å². The number of hydrogen-bond donors (Lipinski definition) is 3. The number of ketones is 1. The van der Waals surface area contributed by atoms with Crippen LogP contribution in [0.1, 0.15) is 13.3 Å². The van der Waals surface area contributed by atoms with Gasteiger partial charge in [-0.2, -0.15) is 0 Å². The van der Waals surface area contributed by atoms with Gasteiger partial charge < -0.3 is 15.3 Å². The summed E-state index contributed by atoms with van der Waals surface area (Å²) in [4.78, 5) is 37.4. The number of nitrogens with one attached hydrogen (secondary N) is 2. The van der Waals surface area contributed by atoms with E-state index in [-0.39, 0.29) is 12.3 Å². The lowest BCUT2D eigenvalue weighted by Gasteiger charge is -2.08. The van der Waals surface area contributed by atoms with E-state index < -0.39 is 24.0 Å². The maximum absolute atomic E-state index is 11.3. The van der Waals surface area contributed by atoms with Crippen LogP contribution in [0.25, 0.3) is 0 Å². The third kappa shape index (κ3) is 2.74. The van der Waals surface area contributed by atoms with E-state index in [2.05, 4.69) is 10.2 Å². The number of aliphatic hydroxyl groups is 1. The molecule has 0 aromatic heterocycles. The highest BCUT2D eigenvalue weighted by atomic mass is 16.7. The zero-order valence-corrected chi connectivity index (χ0v) is 8.15. The molecule has 0 radical (unpaired) electrons. The van der Waals surface area contributed by atoms with Gasteiger partial charge in [-0.05, 0) is 0 Å². The molecule has 1 aliphatic heterocycles. The third-order valence-electron chi connectivity index (χ3n) is 1.99. The summed E-state index contributed by atoms with van der Waals surface area (Å²) in [6.45, 7) is 1.51. The Bertz CT molecular complexity index is 291. The number of amides is 1. The molecule has 0 aliphatic carbocycles. The van der Waals surface area contributed by atoms with Gasteiger partial charge in [0.1, 0.15) is 0 Å². The highest BCUT2D eigenvalue weighted by Gasteiger charge is 2.41. The Hall–Kier alpha value is -1.47. The number of hydroxylamine groups is 1. The van der Waals surface area contributed by atoms with Crippen LogP contribution in [0.2, 0.25) is 0 Å². The van der Waals surface area contributed by atoms with Gasteiger partial charge in [-0.15, -0.1) is 5.48 Å². The Labute approximate surface area is 85.7 Å². The topological polar surface area (TPSA) is 105 Å². The van der Waals surface area contributed by atoms with E-state index in [1.54, 1.807) is 6.92 Å². The number of Topliss-reactive ketones (excluding diaryl/α,β-unsaturated/α-hetero) is 1. The fraction of sp³-hybridized carbons (Fsp3) is 0.625. The Morgan fingerprint density at radius 1 is 1.60 bits per heavy atom. The molecule has 0 spiro atoms. The van der Waals surface area contributed by atoms with Gasteiger partial charge in [0.05, 0.1) is 6.54 Å². The Balaban J connectivity index is 2.46. The summed E-state index contributed by atoms with van der Waals surface area (Å²) in [5.41, 5.74) is 1.96. The van der Waals surface area contributed by atoms with Crippen LogP contribution < -0.4 is 10.8 Å². The number of hydrogen-bond acceptors (Lipinski definition) is 6. The molecule has 0 aromatic rings.